The molecule has 0 unspecified atom stereocenters. The lowest BCUT2D eigenvalue weighted by Gasteiger charge is -2.24. The number of thiocarbonyl (C=S) groups is 1. The predicted molar refractivity (Wildman–Crippen MR) is 77.7 cm³/mol. The number of nitrogens with zero attached hydrogens (tertiary/aromatic N) is 2. The maximum atomic E-state index is 12.2. The van der Waals surface area contributed by atoms with Gasteiger partial charge in [-0.25, -0.2) is 0 Å². The highest BCUT2D eigenvalue weighted by molar-refractivity contribution is 7.80. The summed E-state index contributed by atoms with van der Waals surface area (Å²) < 4.78 is 0. The minimum Gasteiger partial charge on any atom is -0.337 e. The van der Waals surface area contributed by atoms with Crippen LogP contribution in [0.15, 0.2) is 24.3 Å². The van der Waals surface area contributed by atoms with Crippen LogP contribution in [0.4, 0.5) is 5.69 Å². The minimum absolute atomic E-state index is 0.0644. The van der Waals surface area contributed by atoms with Crippen LogP contribution >= 0.6 is 12.2 Å². The lowest BCUT2D eigenvalue weighted by Crippen LogP contribution is -2.36. The van der Waals surface area contributed by atoms with Crippen LogP contribution in [0.1, 0.15) is 26.3 Å². The van der Waals surface area contributed by atoms with Gasteiger partial charge in [0.25, 0.3) is 5.91 Å². The fourth-order valence-corrected chi connectivity index (χ4v) is 2.66. The topological polar surface area (TPSA) is 23.6 Å². The number of anilines is 1. The smallest absolute Gasteiger partial charge is 0.252 e. The molecule has 1 fully saturated rings. The average Bonchev–Trinajstić information content (AvgIpc) is 2.65. The van der Waals surface area contributed by atoms with Crippen molar-refractivity contribution < 1.29 is 4.79 Å². The van der Waals surface area contributed by atoms with Gasteiger partial charge in [0, 0.05) is 6.04 Å². The number of carbonyl (C=O) groups excluding carboxylic acids is 1. The van der Waals surface area contributed by atoms with Crippen molar-refractivity contribution in [3.05, 3.63) is 29.8 Å². The van der Waals surface area contributed by atoms with Crippen molar-refractivity contribution in [1.82, 2.24) is 4.90 Å². The van der Waals surface area contributed by atoms with Gasteiger partial charge in [-0.15, -0.1) is 0 Å². The van der Waals surface area contributed by atoms with Gasteiger partial charge in [0.05, 0.1) is 5.69 Å². The maximum Gasteiger partial charge on any atom is 0.252 e. The van der Waals surface area contributed by atoms with E-state index in [9.17, 15) is 4.79 Å². The summed E-state index contributed by atoms with van der Waals surface area (Å²) in [4.78, 5) is 15.8. The first-order valence-corrected chi connectivity index (χ1v) is 6.68. The number of amides is 1. The molecule has 0 radical (unpaired) electrons. The van der Waals surface area contributed by atoms with Crippen molar-refractivity contribution in [3.63, 3.8) is 0 Å². The van der Waals surface area contributed by atoms with Gasteiger partial charge in [-0.2, -0.15) is 0 Å². The largest absolute Gasteiger partial charge is 0.337 e. The number of benzene rings is 1. The molecule has 1 saturated heterocycles. The highest BCUT2D eigenvalue weighted by atomic mass is 32.1. The number of hydrogen-bond acceptors (Lipinski definition) is 2. The Bertz CT molecular complexity index is 484. The van der Waals surface area contributed by atoms with Crippen LogP contribution in [0.5, 0.6) is 0 Å². The predicted octanol–water partition coefficient (Wildman–Crippen LogP) is 2.59. The normalized spacial score (nSPS) is 16.0. The Hall–Kier alpha value is -1.42. The van der Waals surface area contributed by atoms with Crippen LogP contribution in [0.25, 0.3) is 0 Å². The highest BCUT2D eigenvalue weighted by Crippen LogP contribution is 2.26. The van der Waals surface area contributed by atoms with Crippen LogP contribution in [0.2, 0.25) is 0 Å². The maximum absolute atomic E-state index is 12.2. The Morgan fingerprint density at radius 2 is 2.00 bits per heavy atom. The van der Waals surface area contributed by atoms with E-state index >= 15 is 0 Å². The van der Waals surface area contributed by atoms with Gasteiger partial charge in [0.1, 0.15) is 6.54 Å². The van der Waals surface area contributed by atoms with E-state index in [1.54, 1.807) is 4.90 Å². The van der Waals surface area contributed by atoms with Gasteiger partial charge in [0.2, 0.25) is 0 Å². The third-order valence-corrected chi connectivity index (χ3v) is 3.65. The van der Waals surface area contributed by atoms with E-state index < -0.39 is 0 Å². The second kappa shape index (κ2) is 5.06. The van der Waals surface area contributed by atoms with Crippen molar-refractivity contribution in [2.75, 3.05) is 11.4 Å². The number of carbonyl (C=O) groups is 1. The number of hydrogen-bond donors (Lipinski definition) is 0. The Balaban J connectivity index is 2.39. The molecule has 96 valence electrons. The lowest BCUT2D eigenvalue weighted by molar-refractivity contribution is -0.116. The van der Waals surface area contributed by atoms with Gasteiger partial charge < -0.3 is 4.90 Å². The van der Waals surface area contributed by atoms with Gasteiger partial charge in [-0.05, 0) is 44.1 Å². The Morgan fingerprint density at radius 3 is 2.56 bits per heavy atom. The highest BCUT2D eigenvalue weighted by Gasteiger charge is 2.35. The van der Waals surface area contributed by atoms with Gasteiger partial charge in [-0.3, -0.25) is 9.69 Å². The molecule has 0 aliphatic carbocycles. The summed E-state index contributed by atoms with van der Waals surface area (Å²) in [6, 6.07) is 8.20. The van der Waals surface area contributed by atoms with Crippen LogP contribution in [-0.2, 0) is 11.2 Å². The fraction of sp³-hybridized carbons (Fsp3) is 0.429. The lowest BCUT2D eigenvalue weighted by atomic mass is 10.1. The standard InChI is InChI=1S/C14H18N2OS/c1-4-11-7-5-6-8-12(11)16-13(17)9-15(10(2)3)14(16)18/h5-8,10H,4,9H2,1-3H3. The molecular formula is C14H18N2OS. The molecule has 1 aliphatic heterocycles. The zero-order chi connectivity index (χ0) is 13.3. The Morgan fingerprint density at radius 1 is 1.33 bits per heavy atom. The van der Waals surface area contributed by atoms with Crippen molar-refractivity contribution in [2.45, 2.75) is 33.2 Å². The molecule has 1 aromatic rings. The fourth-order valence-electron chi connectivity index (χ4n) is 2.19. The quantitative estimate of drug-likeness (QED) is 0.782. The second-order valence-corrected chi connectivity index (χ2v) is 5.08. The van der Waals surface area contributed by atoms with E-state index in [2.05, 4.69) is 20.8 Å². The van der Waals surface area contributed by atoms with E-state index in [0.29, 0.717) is 11.7 Å². The zero-order valence-corrected chi connectivity index (χ0v) is 11.8. The molecular weight excluding hydrogens is 244 g/mol. The van der Waals surface area contributed by atoms with Crippen LogP contribution in [0.3, 0.4) is 0 Å². The summed E-state index contributed by atoms with van der Waals surface area (Å²) in [5.41, 5.74) is 2.08. The molecule has 1 aromatic carbocycles. The van der Waals surface area contributed by atoms with Crippen molar-refractivity contribution in [2.24, 2.45) is 0 Å². The number of rotatable bonds is 3. The first kappa shape index (κ1) is 13.0. The molecule has 0 spiro atoms. The van der Waals surface area contributed by atoms with Gasteiger partial charge in [0.15, 0.2) is 5.11 Å². The van der Waals surface area contributed by atoms with E-state index in [1.807, 2.05) is 29.2 Å². The summed E-state index contributed by atoms with van der Waals surface area (Å²) in [7, 11) is 0. The van der Waals surface area contributed by atoms with E-state index in [0.717, 1.165) is 17.7 Å². The zero-order valence-electron chi connectivity index (χ0n) is 11.0. The van der Waals surface area contributed by atoms with E-state index in [1.165, 1.54) is 0 Å². The van der Waals surface area contributed by atoms with Crippen LogP contribution in [0, 0.1) is 0 Å². The molecule has 18 heavy (non-hydrogen) atoms. The average molecular weight is 262 g/mol. The molecule has 3 nitrogen and oxygen atoms in total. The molecule has 1 aliphatic rings. The summed E-state index contributed by atoms with van der Waals surface area (Å²) in [6.07, 6.45) is 0.893. The monoisotopic (exact) mass is 262 g/mol. The van der Waals surface area contributed by atoms with E-state index in [-0.39, 0.29) is 11.9 Å². The van der Waals surface area contributed by atoms with Crippen molar-refractivity contribution in [1.29, 1.82) is 0 Å². The molecule has 2 rings (SSSR count). The third kappa shape index (κ3) is 2.12. The summed E-state index contributed by atoms with van der Waals surface area (Å²) >= 11 is 5.44. The molecule has 1 amide bonds. The number of aryl methyl sites for hydroxylation is 1. The van der Waals surface area contributed by atoms with Gasteiger partial charge in [-0.1, -0.05) is 25.1 Å². The molecule has 1 heterocycles. The molecule has 0 N–H and O–H groups in total. The van der Waals surface area contributed by atoms with Crippen LogP contribution < -0.4 is 4.90 Å². The van der Waals surface area contributed by atoms with Gasteiger partial charge >= 0.3 is 0 Å². The van der Waals surface area contributed by atoms with Crippen molar-refractivity contribution >= 4 is 28.9 Å². The van der Waals surface area contributed by atoms with Crippen molar-refractivity contribution in [3.8, 4) is 0 Å². The Labute approximate surface area is 113 Å². The summed E-state index contributed by atoms with van der Waals surface area (Å²) in [6.45, 7) is 6.57. The first-order valence-electron chi connectivity index (χ1n) is 6.27. The molecule has 0 saturated carbocycles. The second-order valence-electron chi connectivity index (χ2n) is 4.72. The molecule has 0 bridgehead atoms. The SMILES string of the molecule is CCc1ccccc1N1C(=O)CN(C(C)C)C1=S. The molecule has 0 aromatic heterocycles. The summed E-state index contributed by atoms with van der Waals surface area (Å²) in [5, 5.41) is 0.621. The first-order chi connectivity index (χ1) is 8.56. The Kier molecular flexibility index (Phi) is 3.66. The van der Waals surface area contributed by atoms with E-state index in [4.69, 9.17) is 12.2 Å². The van der Waals surface area contributed by atoms with Crippen LogP contribution in [-0.4, -0.2) is 28.5 Å². The molecule has 4 heteroatoms. The summed E-state index contributed by atoms with van der Waals surface area (Å²) in [5.74, 6) is 0.0644. The third-order valence-electron chi connectivity index (χ3n) is 3.23. The number of para-hydroxylation sites is 1. The minimum atomic E-state index is 0.0644. The molecule has 0 atom stereocenters.